The van der Waals surface area contributed by atoms with Crippen LogP contribution in [-0.2, 0) is 6.42 Å². The number of pyridine rings is 1. The molecule has 0 aliphatic heterocycles. The second kappa shape index (κ2) is 7.08. The number of aryl methyl sites for hydroxylation is 1. The lowest BCUT2D eigenvalue weighted by Gasteiger charge is -2.26. The number of halogens is 1. The monoisotopic (exact) mass is 346 g/mol. The van der Waals surface area contributed by atoms with Crippen molar-refractivity contribution in [3.05, 3.63) is 89.4 Å². The first-order valence-corrected chi connectivity index (χ1v) is 8.81. The lowest BCUT2D eigenvalue weighted by Crippen LogP contribution is -2.31. The summed E-state index contributed by atoms with van der Waals surface area (Å²) in [5.41, 5.74) is 4.58. The third kappa shape index (κ3) is 3.36. The van der Waals surface area contributed by atoms with E-state index in [1.54, 1.807) is 30.5 Å². The molecule has 1 amide bonds. The maximum Gasteiger partial charge on any atom is 0.253 e. The molecule has 1 aromatic heterocycles. The average molecular weight is 346 g/mol. The minimum absolute atomic E-state index is 0.0456. The van der Waals surface area contributed by atoms with Gasteiger partial charge in [0, 0.05) is 11.8 Å². The predicted octanol–water partition coefficient (Wildman–Crippen LogP) is 4.70. The predicted molar refractivity (Wildman–Crippen MR) is 99.2 cm³/mol. The third-order valence-corrected chi connectivity index (χ3v) is 4.84. The van der Waals surface area contributed by atoms with E-state index in [0.29, 0.717) is 11.3 Å². The number of carbonyl (C=O) groups excluding carboxylic acids is 1. The molecular formula is C22H19FN2O. The minimum Gasteiger partial charge on any atom is -0.345 e. The van der Waals surface area contributed by atoms with Crippen LogP contribution in [0.15, 0.2) is 66.9 Å². The van der Waals surface area contributed by atoms with Crippen LogP contribution < -0.4 is 5.32 Å². The Labute approximate surface area is 151 Å². The molecule has 26 heavy (non-hydrogen) atoms. The fourth-order valence-electron chi connectivity index (χ4n) is 3.47. The number of nitrogens with one attached hydrogen (secondary N) is 1. The maximum atomic E-state index is 13.0. The van der Waals surface area contributed by atoms with Gasteiger partial charge in [-0.25, -0.2) is 4.39 Å². The van der Waals surface area contributed by atoms with E-state index in [2.05, 4.69) is 22.4 Å². The van der Waals surface area contributed by atoms with E-state index < -0.39 is 0 Å². The summed E-state index contributed by atoms with van der Waals surface area (Å²) in [5.74, 6) is -0.401. The van der Waals surface area contributed by atoms with Crippen molar-refractivity contribution in [1.29, 1.82) is 0 Å². The fraction of sp³-hybridized carbons (Fsp3) is 0.182. The van der Waals surface area contributed by atoms with Gasteiger partial charge >= 0.3 is 0 Å². The Hall–Kier alpha value is -3.01. The summed E-state index contributed by atoms with van der Waals surface area (Å²) in [6, 6.07) is 18.0. The van der Waals surface area contributed by atoms with Gasteiger partial charge < -0.3 is 5.32 Å². The van der Waals surface area contributed by atoms with Gasteiger partial charge in [0.25, 0.3) is 5.91 Å². The summed E-state index contributed by atoms with van der Waals surface area (Å²) in [6.45, 7) is 0. The van der Waals surface area contributed by atoms with E-state index in [0.717, 1.165) is 24.8 Å². The summed E-state index contributed by atoms with van der Waals surface area (Å²) in [5, 5.41) is 3.13. The molecule has 1 N–H and O–H groups in total. The molecule has 4 heteroatoms. The largest absolute Gasteiger partial charge is 0.345 e. The molecule has 130 valence electrons. The van der Waals surface area contributed by atoms with Gasteiger partial charge in [0.1, 0.15) is 5.82 Å². The standard InChI is InChI=1S/C22H19FN2O/c23-18-11-8-16(9-12-18)20-13-10-17(14-24-20)22(26)25-21-7-3-5-15-4-1-2-6-19(15)21/h1-2,4,6,8-14,21H,3,5,7H2,(H,25,26). The third-order valence-electron chi connectivity index (χ3n) is 4.84. The van der Waals surface area contributed by atoms with Crippen molar-refractivity contribution in [3.63, 3.8) is 0 Å². The molecule has 3 nitrogen and oxygen atoms in total. The molecule has 1 unspecified atom stereocenters. The summed E-state index contributed by atoms with van der Waals surface area (Å²) in [7, 11) is 0. The first kappa shape index (κ1) is 16.5. The molecule has 1 atom stereocenters. The molecule has 1 aliphatic carbocycles. The van der Waals surface area contributed by atoms with Crippen LogP contribution >= 0.6 is 0 Å². The van der Waals surface area contributed by atoms with E-state index in [-0.39, 0.29) is 17.8 Å². The van der Waals surface area contributed by atoms with Crippen molar-refractivity contribution in [3.8, 4) is 11.3 Å². The zero-order valence-electron chi connectivity index (χ0n) is 14.3. The van der Waals surface area contributed by atoms with Crippen LogP contribution in [0.2, 0.25) is 0 Å². The number of amides is 1. The minimum atomic E-state index is -0.280. The molecule has 0 radical (unpaired) electrons. The number of nitrogens with zero attached hydrogens (tertiary/aromatic N) is 1. The van der Waals surface area contributed by atoms with Gasteiger partial charge in [-0.3, -0.25) is 9.78 Å². The Kier molecular flexibility index (Phi) is 4.48. The van der Waals surface area contributed by atoms with Gasteiger partial charge in [0.2, 0.25) is 0 Å². The van der Waals surface area contributed by atoms with Crippen molar-refractivity contribution in [2.75, 3.05) is 0 Å². The van der Waals surface area contributed by atoms with Crippen LogP contribution in [0, 0.1) is 5.82 Å². The number of fused-ring (bicyclic) bond motifs is 1. The van der Waals surface area contributed by atoms with Crippen LogP contribution in [0.25, 0.3) is 11.3 Å². The molecule has 3 aromatic rings. The summed E-state index contributed by atoms with van der Waals surface area (Å²) in [4.78, 5) is 17.0. The molecule has 0 spiro atoms. The lowest BCUT2D eigenvalue weighted by molar-refractivity contribution is 0.0932. The molecule has 0 saturated carbocycles. The molecule has 1 aliphatic rings. The smallest absolute Gasteiger partial charge is 0.253 e. The summed E-state index contributed by atoms with van der Waals surface area (Å²) >= 11 is 0. The van der Waals surface area contributed by atoms with E-state index in [9.17, 15) is 9.18 Å². The molecule has 2 aromatic carbocycles. The summed E-state index contributed by atoms with van der Waals surface area (Å²) in [6.07, 6.45) is 4.66. The van der Waals surface area contributed by atoms with Crippen LogP contribution in [0.3, 0.4) is 0 Å². The molecular weight excluding hydrogens is 327 g/mol. The molecule has 4 rings (SSSR count). The number of hydrogen-bond acceptors (Lipinski definition) is 2. The number of rotatable bonds is 3. The van der Waals surface area contributed by atoms with Gasteiger partial charge in [-0.1, -0.05) is 24.3 Å². The number of carbonyl (C=O) groups is 1. The van der Waals surface area contributed by atoms with Crippen molar-refractivity contribution in [2.45, 2.75) is 25.3 Å². The van der Waals surface area contributed by atoms with Gasteiger partial charge in [-0.2, -0.15) is 0 Å². The van der Waals surface area contributed by atoms with E-state index in [1.807, 2.05) is 12.1 Å². The first-order valence-electron chi connectivity index (χ1n) is 8.81. The number of hydrogen-bond donors (Lipinski definition) is 1. The first-order chi connectivity index (χ1) is 12.7. The molecule has 1 heterocycles. The summed E-state index contributed by atoms with van der Waals surface area (Å²) < 4.78 is 13.0. The molecule has 0 saturated heterocycles. The maximum absolute atomic E-state index is 13.0. The van der Waals surface area contributed by atoms with E-state index in [4.69, 9.17) is 0 Å². The Morgan fingerprint density at radius 1 is 1.04 bits per heavy atom. The van der Waals surface area contributed by atoms with Crippen LogP contribution in [0.4, 0.5) is 4.39 Å². The van der Waals surface area contributed by atoms with Gasteiger partial charge in [-0.05, 0) is 66.8 Å². The highest BCUT2D eigenvalue weighted by molar-refractivity contribution is 5.94. The Morgan fingerprint density at radius 3 is 2.62 bits per heavy atom. The normalized spacial score (nSPS) is 16.0. The van der Waals surface area contributed by atoms with Crippen molar-refractivity contribution < 1.29 is 9.18 Å². The average Bonchev–Trinajstić information content (AvgIpc) is 2.69. The van der Waals surface area contributed by atoms with Gasteiger partial charge in [0.05, 0.1) is 17.3 Å². The topological polar surface area (TPSA) is 42.0 Å². The fourth-order valence-corrected chi connectivity index (χ4v) is 3.47. The van der Waals surface area contributed by atoms with Gasteiger partial charge in [-0.15, -0.1) is 0 Å². The van der Waals surface area contributed by atoms with E-state index in [1.165, 1.54) is 23.3 Å². The molecule has 0 fully saturated rings. The highest BCUT2D eigenvalue weighted by Gasteiger charge is 2.21. The Balaban J connectivity index is 1.50. The quantitative estimate of drug-likeness (QED) is 0.747. The van der Waals surface area contributed by atoms with Crippen molar-refractivity contribution in [2.24, 2.45) is 0 Å². The second-order valence-corrected chi connectivity index (χ2v) is 6.56. The van der Waals surface area contributed by atoms with Crippen molar-refractivity contribution in [1.82, 2.24) is 10.3 Å². The highest BCUT2D eigenvalue weighted by atomic mass is 19.1. The van der Waals surface area contributed by atoms with Crippen LogP contribution in [0.5, 0.6) is 0 Å². The van der Waals surface area contributed by atoms with Crippen molar-refractivity contribution >= 4 is 5.91 Å². The SMILES string of the molecule is O=C(NC1CCCc2ccccc21)c1ccc(-c2ccc(F)cc2)nc1. The van der Waals surface area contributed by atoms with Gasteiger partial charge in [0.15, 0.2) is 0 Å². The Morgan fingerprint density at radius 2 is 1.85 bits per heavy atom. The zero-order valence-corrected chi connectivity index (χ0v) is 14.3. The highest BCUT2D eigenvalue weighted by Crippen LogP contribution is 2.29. The Bertz CT molecular complexity index is 920. The molecule has 0 bridgehead atoms. The zero-order chi connectivity index (χ0) is 17.9. The number of aromatic nitrogens is 1. The lowest BCUT2D eigenvalue weighted by atomic mass is 9.87. The van der Waals surface area contributed by atoms with Crippen LogP contribution in [-0.4, -0.2) is 10.9 Å². The second-order valence-electron chi connectivity index (χ2n) is 6.56. The van der Waals surface area contributed by atoms with Crippen LogP contribution in [0.1, 0.15) is 40.4 Å². The van der Waals surface area contributed by atoms with E-state index >= 15 is 0 Å². The number of benzene rings is 2.